The number of esters is 1. The maximum absolute atomic E-state index is 12.3. The van der Waals surface area contributed by atoms with Crippen molar-refractivity contribution in [1.82, 2.24) is 19.7 Å². The first-order valence-corrected chi connectivity index (χ1v) is 8.95. The molecule has 0 bridgehead atoms. The van der Waals surface area contributed by atoms with Gasteiger partial charge in [0.25, 0.3) is 5.56 Å². The Hall–Kier alpha value is -3.35. The Morgan fingerprint density at radius 3 is 3.00 bits per heavy atom. The fourth-order valence-corrected chi connectivity index (χ4v) is 4.18. The summed E-state index contributed by atoms with van der Waals surface area (Å²) in [7, 11) is 1.33. The molecule has 1 aromatic carbocycles. The van der Waals surface area contributed by atoms with Gasteiger partial charge in [-0.1, -0.05) is 18.2 Å². The molecule has 0 radical (unpaired) electrons. The number of rotatable bonds is 2. The van der Waals surface area contributed by atoms with E-state index >= 15 is 0 Å². The van der Waals surface area contributed by atoms with Gasteiger partial charge in [0, 0.05) is 29.0 Å². The van der Waals surface area contributed by atoms with Crippen molar-refractivity contribution in [3.05, 3.63) is 63.8 Å². The monoisotopic (exact) mass is 362 g/mol. The van der Waals surface area contributed by atoms with Crippen LogP contribution < -0.4 is 5.56 Å². The second kappa shape index (κ2) is 5.84. The molecule has 0 spiro atoms. The highest BCUT2D eigenvalue weighted by Gasteiger charge is 2.28. The summed E-state index contributed by atoms with van der Waals surface area (Å²) in [5.74, 6) is -0.506. The zero-order chi connectivity index (χ0) is 18.5. The molecule has 27 heavy (non-hydrogen) atoms. The average Bonchev–Trinajstić information content (AvgIpc) is 3.27. The zero-order valence-electron chi connectivity index (χ0n) is 14.8. The third-order valence-corrected chi connectivity index (χ3v) is 5.43. The third-order valence-electron chi connectivity index (χ3n) is 5.43. The topological polar surface area (TPSA) is 92.8 Å². The van der Waals surface area contributed by atoms with Crippen molar-refractivity contribution in [2.24, 2.45) is 0 Å². The molecule has 136 valence electrons. The van der Waals surface area contributed by atoms with Crippen LogP contribution in [-0.4, -0.2) is 32.8 Å². The van der Waals surface area contributed by atoms with Crippen LogP contribution in [-0.2, 0) is 11.2 Å². The first kappa shape index (κ1) is 15.9. The fraction of sp³-hybridized carbons (Fsp3) is 0.250. The van der Waals surface area contributed by atoms with Gasteiger partial charge in [-0.3, -0.25) is 4.79 Å². The number of hydrogen-bond acceptors (Lipinski definition) is 4. The molecular weight excluding hydrogens is 344 g/mol. The van der Waals surface area contributed by atoms with Crippen LogP contribution in [0.2, 0.25) is 0 Å². The predicted octanol–water partition coefficient (Wildman–Crippen LogP) is 2.87. The normalized spacial score (nSPS) is 16.6. The Labute approximate surface area is 154 Å². The number of benzene rings is 1. The van der Waals surface area contributed by atoms with Crippen LogP contribution in [0.4, 0.5) is 0 Å². The minimum atomic E-state index is -0.506. The molecule has 2 aliphatic heterocycles. The summed E-state index contributed by atoms with van der Waals surface area (Å²) in [5.41, 5.74) is 4.27. The van der Waals surface area contributed by atoms with Crippen LogP contribution >= 0.6 is 0 Å². The molecule has 7 heteroatoms. The predicted molar refractivity (Wildman–Crippen MR) is 100 cm³/mol. The van der Waals surface area contributed by atoms with E-state index in [4.69, 9.17) is 4.74 Å². The van der Waals surface area contributed by atoms with E-state index in [1.807, 2.05) is 16.7 Å². The summed E-state index contributed by atoms with van der Waals surface area (Å²) in [6.07, 6.45) is 6.48. The number of nitrogens with one attached hydrogen (secondary N) is 2. The number of carbonyl (C=O) groups excluding carboxylic acids is 1. The molecule has 3 aliphatic rings. The van der Waals surface area contributed by atoms with Crippen molar-refractivity contribution < 1.29 is 9.53 Å². The lowest BCUT2D eigenvalue weighted by Gasteiger charge is -2.26. The van der Waals surface area contributed by atoms with Crippen LogP contribution in [0.5, 0.6) is 0 Å². The van der Waals surface area contributed by atoms with Crippen LogP contribution in [0.15, 0.2) is 41.5 Å². The van der Waals surface area contributed by atoms with Gasteiger partial charge in [-0.25, -0.2) is 9.89 Å². The highest BCUT2D eigenvalue weighted by Crippen LogP contribution is 2.37. The number of pyridine rings is 1. The number of hydrogen-bond donors (Lipinski definition) is 2. The highest BCUT2D eigenvalue weighted by molar-refractivity contribution is 5.96. The summed E-state index contributed by atoms with van der Waals surface area (Å²) in [5, 5.41) is 7.66. The van der Waals surface area contributed by atoms with Gasteiger partial charge in [0.05, 0.1) is 18.7 Å². The fourth-order valence-electron chi connectivity index (χ4n) is 4.18. The molecule has 2 aromatic rings. The van der Waals surface area contributed by atoms with Gasteiger partial charge in [0.1, 0.15) is 11.3 Å². The Bertz CT molecular complexity index is 1200. The molecule has 0 saturated carbocycles. The number of aromatic nitrogens is 4. The van der Waals surface area contributed by atoms with Gasteiger partial charge in [-0.05, 0) is 30.9 Å². The Kier molecular flexibility index (Phi) is 3.43. The molecule has 0 fully saturated rings. The van der Waals surface area contributed by atoms with Crippen molar-refractivity contribution in [3.8, 4) is 11.3 Å². The van der Waals surface area contributed by atoms with E-state index in [9.17, 15) is 9.59 Å². The Morgan fingerprint density at radius 1 is 1.30 bits per heavy atom. The lowest BCUT2D eigenvalue weighted by atomic mass is 9.91. The number of methoxy groups -OCH3 is 1. The summed E-state index contributed by atoms with van der Waals surface area (Å²) < 4.78 is 6.84. The molecule has 1 aliphatic carbocycles. The first-order valence-electron chi connectivity index (χ1n) is 8.95. The molecular formula is C20H18N4O3. The van der Waals surface area contributed by atoms with Crippen LogP contribution in [0.3, 0.4) is 0 Å². The van der Waals surface area contributed by atoms with Gasteiger partial charge in [0.2, 0.25) is 0 Å². The van der Waals surface area contributed by atoms with Gasteiger partial charge < -0.3 is 14.3 Å². The SMILES string of the molecule is COC(=O)c1cn(C2CCCc3c2[nH]c2ccccc32)cc2c(=O)[nH]nc1-2. The van der Waals surface area contributed by atoms with Crippen LogP contribution in [0, 0.1) is 0 Å². The molecule has 1 atom stereocenters. The maximum atomic E-state index is 12.3. The summed E-state index contributed by atoms with van der Waals surface area (Å²) in [6.45, 7) is 0. The molecule has 0 amide bonds. The first-order chi connectivity index (χ1) is 13.2. The number of nitrogens with zero attached hydrogens (tertiary/aromatic N) is 2. The largest absolute Gasteiger partial charge is 0.465 e. The lowest BCUT2D eigenvalue weighted by molar-refractivity contribution is 0.0600. The molecule has 0 saturated heterocycles. The number of aromatic amines is 2. The third kappa shape index (κ3) is 2.31. The standard InChI is InChI=1S/C20H18N4O3/c1-27-20(26)14-10-24(9-13-17(14)22-23-19(13)25)16-8-4-6-12-11-5-2-3-7-15(11)21-18(12)16/h2-3,5,7,9-10,16,21H,4,6,8H2,1H3,(H,23,25). The van der Waals surface area contributed by atoms with E-state index in [1.165, 1.54) is 18.1 Å². The molecule has 7 nitrogen and oxygen atoms in total. The second-order valence-electron chi connectivity index (χ2n) is 6.90. The lowest BCUT2D eigenvalue weighted by Crippen LogP contribution is -2.20. The minimum absolute atomic E-state index is 0.0169. The van der Waals surface area contributed by atoms with E-state index in [0.717, 1.165) is 30.5 Å². The summed E-state index contributed by atoms with van der Waals surface area (Å²) >= 11 is 0. The van der Waals surface area contributed by atoms with Gasteiger partial charge in [-0.2, -0.15) is 5.10 Å². The van der Waals surface area contributed by atoms with Gasteiger partial charge in [-0.15, -0.1) is 0 Å². The van der Waals surface area contributed by atoms with Crippen molar-refractivity contribution >= 4 is 16.9 Å². The van der Waals surface area contributed by atoms with E-state index < -0.39 is 5.97 Å². The molecule has 2 N–H and O–H groups in total. The number of ether oxygens (including phenoxy) is 1. The zero-order valence-corrected chi connectivity index (χ0v) is 14.8. The molecule has 1 aromatic heterocycles. The maximum Gasteiger partial charge on any atom is 0.341 e. The number of carbonyl (C=O) groups is 1. The number of para-hydroxylation sites is 1. The molecule has 1 unspecified atom stereocenters. The Balaban J connectivity index is 1.73. The quantitative estimate of drug-likeness (QED) is 0.536. The highest BCUT2D eigenvalue weighted by atomic mass is 16.5. The second-order valence-corrected chi connectivity index (χ2v) is 6.90. The van der Waals surface area contributed by atoms with Crippen molar-refractivity contribution in [1.29, 1.82) is 0 Å². The van der Waals surface area contributed by atoms with Crippen LogP contribution in [0.1, 0.15) is 40.5 Å². The number of H-pyrrole nitrogens is 2. The van der Waals surface area contributed by atoms with Crippen molar-refractivity contribution in [2.75, 3.05) is 7.11 Å². The van der Waals surface area contributed by atoms with Gasteiger partial charge in [0.15, 0.2) is 0 Å². The van der Waals surface area contributed by atoms with E-state index in [1.54, 1.807) is 12.4 Å². The van der Waals surface area contributed by atoms with E-state index in [0.29, 0.717) is 11.3 Å². The Morgan fingerprint density at radius 2 is 2.15 bits per heavy atom. The van der Waals surface area contributed by atoms with E-state index in [2.05, 4.69) is 27.3 Å². The molecule has 5 rings (SSSR count). The smallest absolute Gasteiger partial charge is 0.341 e. The van der Waals surface area contributed by atoms with Crippen molar-refractivity contribution in [2.45, 2.75) is 25.3 Å². The van der Waals surface area contributed by atoms with Crippen LogP contribution in [0.25, 0.3) is 22.2 Å². The van der Waals surface area contributed by atoms with E-state index in [-0.39, 0.29) is 17.2 Å². The number of aryl methyl sites for hydroxylation is 1. The number of fused-ring (bicyclic) bond motifs is 4. The summed E-state index contributed by atoms with van der Waals surface area (Å²) in [4.78, 5) is 28.0. The minimum Gasteiger partial charge on any atom is -0.465 e. The summed E-state index contributed by atoms with van der Waals surface area (Å²) in [6, 6.07) is 8.28. The van der Waals surface area contributed by atoms with Crippen molar-refractivity contribution in [3.63, 3.8) is 0 Å². The average molecular weight is 362 g/mol. The van der Waals surface area contributed by atoms with Gasteiger partial charge >= 0.3 is 5.97 Å². The molecule has 3 heterocycles.